The molecule has 0 saturated carbocycles. The maximum Gasteiger partial charge on any atom is 0.303 e. The van der Waals surface area contributed by atoms with Crippen LogP contribution in [-0.4, -0.2) is 34.5 Å². The van der Waals surface area contributed by atoms with Gasteiger partial charge < -0.3 is 14.7 Å². The van der Waals surface area contributed by atoms with E-state index in [4.69, 9.17) is 11.2 Å². The third-order valence-corrected chi connectivity index (χ3v) is 6.05. The second kappa shape index (κ2) is 12.2. The predicted octanol–water partition coefficient (Wildman–Crippen LogP) is 6.49. The van der Waals surface area contributed by atoms with E-state index in [1.54, 1.807) is 30.1 Å². The number of unbranched alkanes of at least 4 members (excludes halogenated alkanes) is 2. The van der Waals surface area contributed by atoms with Crippen molar-refractivity contribution in [3.05, 3.63) is 76.5 Å². The van der Waals surface area contributed by atoms with Gasteiger partial charge in [-0.25, -0.2) is 0 Å². The van der Waals surface area contributed by atoms with Gasteiger partial charge in [-0.2, -0.15) is 11.3 Å². The van der Waals surface area contributed by atoms with Crippen LogP contribution in [0.4, 0.5) is 0 Å². The smallest absolute Gasteiger partial charge is 0.303 e. The van der Waals surface area contributed by atoms with Crippen LogP contribution in [0.15, 0.2) is 65.4 Å². The van der Waals surface area contributed by atoms with E-state index in [0.717, 1.165) is 29.5 Å². The summed E-state index contributed by atoms with van der Waals surface area (Å²) >= 11 is 1.63. The van der Waals surface area contributed by atoms with Crippen molar-refractivity contribution in [1.29, 1.82) is 0 Å². The molecule has 1 aromatic heterocycles. The van der Waals surface area contributed by atoms with Crippen molar-refractivity contribution < 1.29 is 20.8 Å². The summed E-state index contributed by atoms with van der Waals surface area (Å²) in [6, 6.07) is 16.0. The number of carboxylic acid groups (broad SMARTS) is 1. The van der Waals surface area contributed by atoms with Crippen LogP contribution in [0.3, 0.4) is 0 Å². The lowest BCUT2D eigenvalue weighted by Gasteiger charge is -2.28. The Morgan fingerprint density at radius 1 is 1.03 bits per heavy atom. The number of hydrogen-bond donors (Lipinski definition) is 1. The molecule has 0 aliphatic carbocycles. The number of rotatable bonds is 12. The Labute approximate surface area is 201 Å². The third kappa shape index (κ3) is 7.19. The number of thiophene rings is 1. The zero-order valence-electron chi connectivity index (χ0n) is 20.1. The number of carboxylic acids is 1. The van der Waals surface area contributed by atoms with E-state index in [2.05, 4.69) is 5.38 Å². The van der Waals surface area contributed by atoms with E-state index in [1.807, 2.05) is 60.0 Å². The van der Waals surface area contributed by atoms with Crippen molar-refractivity contribution in [3.63, 3.8) is 0 Å². The normalized spacial score (nSPS) is 11.6. The first-order valence-corrected chi connectivity index (χ1v) is 12.1. The van der Waals surface area contributed by atoms with Gasteiger partial charge in [-0.05, 0) is 79.3 Å². The Hall–Kier alpha value is -3.12. The topological polar surface area (TPSA) is 66.8 Å². The van der Waals surface area contributed by atoms with Gasteiger partial charge in [0, 0.05) is 30.1 Å². The molecule has 6 heteroatoms. The minimum Gasteiger partial charge on any atom is -0.493 e. The van der Waals surface area contributed by atoms with E-state index >= 15 is 0 Å². The summed E-state index contributed by atoms with van der Waals surface area (Å²) in [4.78, 5) is 25.6. The molecule has 0 unspecified atom stereocenters. The van der Waals surface area contributed by atoms with Gasteiger partial charge in [-0.1, -0.05) is 30.3 Å². The van der Waals surface area contributed by atoms with Crippen LogP contribution in [0.1, 0.15) is 56.8 Å². The van der Waals surface area contributed by atoms with Gasteiger partial charge in [-0.15, -0.1) is 0 Å². The Kier molecular flexibility index (Phi) is 8.53. The molecule has 1 heterocycles. The highest BCUT2D eigenvalue weighted by molar-refractivity contribution is 7.08. The maximum atomic E-state index is 13.4. The second-order valence-corrected chi connectivity index (χ2v) is 8.87. The number of benzene rings is 2. The highest BCUT2D eigenvalue weighted by atomic mass is 32.1. The molecule has 3 rings (SSSR count). The molecule has 1 amide bonds. The van der Waals surface area contributed by atoms with Crippen LogP contribution in [0, 0.1) is 0 Å². The molecular weight excluding hydrogens is 434 g/mol. The summed E-state index contributed by atoms with van der Waals surface area (Å²) in [6.45, 7) is 4.13. The summed E-state index contributed by atoms with van der Waals surface area (Å²) in [6.07, 6.45) is 2.33. The van der Waals surface area contributed by atoms with E-state index in [0.29, 0.717) is 24.3 Å². The maximum absolute atomic E-state index is 13.4. The van der Waals surface area contributed by atoms with Crippen molar-refractivity contribution in [2.45, 2.75) is 52.1 Å². The van der Waals surface area contributed by atoms with Gasteiger partial charge in [0.2, 0.25) is 0 Å². The molecule has 2 aromatic carbocycles. The lowest BCUT2D eigenvalue weighted by molar-refractivity contribution is -0.137. The van der Waals surface area contributed by atoms with Crippen LogP contribution in [0.5, 0.6) is 5.75 Å². The first-order chi connectivity index (χ1) is 16.3. The molecule has 1 N–H and O–H groups in total. The second-order valence-electron chi connectivity index (χ2n) is 8.09. The van der Waals surface area contributed by atoms with Crippen molar-refractivity contribution in [1.82, 2.24) is 4.90 Å². The van der Waals surface area contributed by atoms with Crippen LogP contribution >= 0.6 is 11.3 Å². The third-order valence-electron chi connectivity index (χ3n) is 5.36. The van der Waals surface area contributed by atoms with Crippen molar-refractivity contribution in [2.75, 3.05) is 6.61 Å². The first kappa shape index (κ1) is 23.1. The number of aliphatic carboxylic acids is 1. The zero-order valence-corrected chi connectivity index (χ0v) is 19.9. The van der Waals surface area contributed by atoms with Crippen molar-refractivity contribution >= 4 is 23.2 Å². The van der Waals surface area contributed by atoms with E-state index in [9.17, 15) is 9.59 Å². The highest BCUT2D eigenvalue weighted by Gasteiger charge is 2.20. The summed E-state index contributed by atoms with van der Waals surface area (Å²) in [5.74, 6) is -0.314. The highest BCUT2D eigenvalue weighted by Crippen LogP contribution is 2.25. The largest absolute Gasteiger partial charge is 0.493 e. The fourth-order valence-corrected chi connectivity index (χ4v) is 4.17. The number of amides is 1. The fraction of sp³-hybridized carbons (Fsp3) is 0.333. The van der Waals surface area contributed by atoms with Crippen LogP contribution in [0.25, 0.3) is 11.1 Å². The molecule has 0 fully saturated rings. The molecule has 5 nitrogen and oxygen atoms in total. The van der Waals surface area contributed by atoms with Gasteiger partial charge in [0.1, 0.15) is 5.75 Å². The van der Waals surface area contributed by atoms with Crippen LogP contribution in [-0.2, 0) is 11.3 Å². The molecule has 0 atom stereocenters. The average molecular weight is 467 g/mol. The molecule has 0 aliphatic heterocycles. The predicted molar refractivity (Wildman–Crippen MR) is 133 cm³/mol. The minimum atomic E-state index is -1.13. The number of nitrogens with zero attached hydrogens (tertiary/aromatic N) is 1. The molecule has 0 bridgehead atoms. The summed E-state index contributed by atoms with van der Waals surface area (Å²) < 4.78 is 14.6. The van der Waals surface area contributed by atoms with E-state index in [1.165, 1.54) is 0 Å². The quantitative estimate of drug-likeness (QED) is 0.310. The van der Waals surface area contributed by atoms with Crippen LogP contribution in [0.2, 0.25) is 0 Å². The van der Waals surface area contributed by atoms with Gasteiger partial charge >= 0.3 is 5.97 Å². The van der Waals surface area contributed by atoms with Crippen molar-refractivity contribution in [3.8, 4) is 16.9 Å². The number of carbonyl (C=O) groups is 2. The Balaban J connectivity index is 1.69. The molecule has 3 aromatic rings. The van der Waals surface area contributed by atoms with Crippen molar-refractivity contribution in [2.24, 2.45) is 0 Å². The Bertz CT molecular complexity index is 1070. The standard InChI is InChI=1S/C27H31NO4S/c1-20(2)28(27(31)22-13-11-21(12-14-22)24-15-17-33-19-24)18-23-8-5-6-9-25(23)32-16-7-3-4-10-26(29)30/h5-6,8-9,11-15,17,19-20H,3-4,7,10,16,18H2,1-2H3,(H,29,30)/i20D. The fourth-order valence-electron chi connectivity index (χ4n) is 3.51. The number of ether oxygens (including phenoxy) is 1. The summed E-state index contributed by atoms with van der Waals surface area (Å²) in [7, 11) is 0. The number of hydrogen-bond acceptors (Lipinski definition) is 4. The Morgan fingerprint density at radius 2 is 1.79 bits per heavy atom. The summed E-state index contributed by atoms with van der Waals surface area (Å²) in [5, 5.41) is 12.8. The Morgan fingerprint density at radius 3 is 2.45 bits per heavy atom. The summed E-state index contributed by atoms with van der Waals surface area (Å²) in [5.41, 5.74) is 3.54. The number of para-hydroxylation sites is 1. The van der Waals surface area contributed by atoms with E-state index in [-0.39, 0.29) is 18.9 Å². The SMILES string of the molecule is [2H]C(C)(C)N(Cc1ccccc1OCCCCCC(=O)O)C(=O)c1ccc(-c2ccsc2)cc1. The molecule has 174 valence electrons. The molecule has 0 spiro atoms. The van der Waals surface area contributed by atoms with Gasteiger partial charge in [0.15, 0.2) is 0 Å². The van der Waals surface area contributed by atoms with Gasteiger partial charge in [0.25, 0.3) is 5.91 Å². The van der Waals surface area contributed by atoms with Gasteiger partial charge in [-0.3, -0.25) is 9.59 Å². The lowest BCUT2D eigenvalue weighted by atomic mass is 10.1. The minimum absolute atomic E-state index is 0.167. The average Bonchev–Trinajstić information content (AvgIpc) is 3.34. The molecule has 0 radical (unpaired) electrons. The van der Waals surface area contributed by atoms with Crippen LogP contribution < -0.4 is 4.74 Å². The molecule has 33 heavy (non-hydrogen) atoms. The lowest BCUT2D eigenvalue weighted by Crippen LogP contribution is -2.36. The zero-order chi connectivity index (χ0) is 24.6. The molecule has 0 aliphatic rings. The van der Waals surface area contributed by atoms with E-state index < -0.39 is 12.0 Å². The monoisotopic (exact) mass is 466 g/mol. The van der Waals surface area contributed by atoms with Gasteiger partial charge in [0.05, 0.1) is 7.98 Å². The number of carbonyl (C=O) groups excluding carboxylic acids is 1. The molecule has 0 saturated heterocycles. The first-order valence-electron chi connectivity index (χ1n) is 11.6. The molecular formula is C27H31NO4S.